The maximum Gasteiger partial charge on any atom is 0.130 e. The molecule has 0 aliphatic carbocycles. The summed E-state index contributed by atoms with van der Waals surface area (Å²) < 4.78 is 5.46. The highest BCUT2D eigenvalue weighted by molar-refractivity contribution is 9.09. The monoisotopic (exact) mass is 234 g/mol. The highest BCUT2D eigenvalue weighted by Gasteiger charge is 2.01. The molecule has 62 valence electrons. The number of alkyl halides is 1. The van der Waals surface area contributed by atoms with Crippen molar-refractivity contribution in [1.82, 2.24) is 0 Å². The molecular formula is C8H11BrOS. The molecule has 1 nitrogen and oxygen atoms in total. The van der Waals surface area contributed by atoms with Crippen LogP contribution in [0.25, 0.3) is 0 Å². The van der Waals surface area contributed by atoms with Gasteiger partial charge in [0, 0.05) is 10.2 Å². The van der Waals surface area contributed by atoms with Gasteiger partial charge in [-0.3, -0.25) is 0 Å². The van der Waals surface area contributed by atoms with Crippen LogP contribution in [0.1, 0.15) is 13.3 Å². The van der Waals surface area contributed by atoms with Crippen LogP contribution in [-0.4, -0.2) is 11.4 Å². The number of ether oxygens (including phenoxy) is 1. The van der Waals surface area contributed by atoms with Crippen molar-refractivity contribution >= 4 is 27.3 Å². The summed E-state index contributed by atoms with van der Waals surface area (Å²) in [4.78, 5) is 0.474. The highest BCUT2D eigenvalue weighted by atomic mass is 79.9. The molecule has 1 unspecified atom stereocenters. The van der Waals surface area contributed by atoms with Crippen LogP contribution < -0.4 is 4.74 Å². The normalized spacial score (nSPS) is 12.9. The third-order valence-electron chi connectivity index (χ3n) is 1.37. The lowest BCUT2D eigenvalue weighted by atomic mass is 10.4. The van der Waals surface area contributed by atoms with Crippen LogP contribution in [0.3, 0.4) is 0 Å². The Morgan fingerprint density at radius 2 is 2.55 bits per heavy atom. The molecule has 1 heterocycles. The van der Waals surface area contributed by atoms with E-state index in [-0.39, 0.29) is 0 Å². The zero-order valence-electron chi connectivity index (χ0n) is 6.42. The molecule has 1 atom stereocenters. The van der Waals surface area contributed by atoms with Gasteiger partial charge < -0.3 is 4.74 Å². The molecular weight excluding hydrogens is 224 g/mol. The van der Waals surface area contributed by atoms with Gasteiger partial charge in [-0.15, -0.1) is 11.3 Å². The number of hydrogen-bond donors (Lipinski definition) is 0. The maximum absolute atomic E-state index is 5.46. The summed E-state index contributed by atoms with van der Waals surface area (Å²) in [5, 5.41) is 4.03. The Morgan fingerprint density at radius 1 is 1.73 bits per heavy atom. The van der Waals surface area contributed by atoms with Crippen molar-refractivity contribution in [3.05, 3.63) is 16.8 Å². The minimum atomic E-state index is 0.474. The van der Waals surface area contributed by atoms with Crippen molar-refractivity contribution in [3.8, 4) is 5.75 Å². The molecule has 0 spiro atoms. The fourth-order valence-corrected chi connectivity index (χ4v) is 1.34. The summed E-state index contributed by atoms with van der Waals surface area (Å²) in [5.41, 5.74) is 0. The van der Waals surface area contributed by atoms with E-state index in [4.69, 9.17) is 4.74 Å². The van der Waals surface area contributed by atoms with Crippen molar-refractivity contribution in [2.75, 3.05) is 6.61 Å². The van der Waals surface area contributed by atoms with Crippen molar-refractivity contribution in [3.63, 3.8) is 0 Å². The van der Waals surface area contributed by atoms with Gasteiger partial charge in [-0.1, -0.05) is 22.9 Å². The van der Waals surface area contributed by atoms with E-state index in [1.807, 2.05) is 16.8 Å². The van der Waals surface area contributed by atoms with Gasteiger partial charge in [-0.05, 0) is 17.9 Å². The smallest absolute Gasteiger partial charge is 0.130 e. The van der Waals surface area contributed by atoms with Crippen molar-refractivity contribution in [2.45, 2.75) is 18.2 Å². The zero-order chi connectivity index (χ0) is 8.10. The summed E-state index contributed by atoms with van der Waals surface area (Å²) in [7, 11) is 0. The second-order valence-electron chi connectivity index (χ2n) is 2.28. The molecule has 0 saturated heterocycles. The largest absolute Gasteiger partial charge is 0.492 e. The van der Waals surface area contributed by atoms with Gasteiger partial charge in [-0.2, -0.15) is 0 Å². The quantitative estimate of drug-likeness (QED) is 0.727. The van der Waals surface area contributed by atoms with Crippen LogP contribution in [0, 0.1) is 0 Å². The van der Waals surface area contributed by atoms with Crippen LogP contribution in [0.2, 0.25) is 0 Å². The molecule has 0 N–H and O–H groups in total. The first kappa shape index (κ1) is 9.07. The summed E-state index contributed by atoms with van der Waals surface area (Å²) in [6, 6.07) is 1.99. The second kappa shape index (κ2) is 4.78. The molecule has 1 aromatic rings. The van der Waals surface area contributed by atoms with Crippen LogP contribution in [0.5, 0.6) is 5.75 Å². The van der Waals surface area contributed by atoms with Gasteiger partial charge in [0.1, 0.15) is 12.4 Å². The molecule has 0 amide bonds. The molecule has 0 bridgehead atoms. The molecule has 1 rings (SSSR count). The van der Waals surface area contributed by atoms with E-state index in [2.05, 4.69) is 22.9 Å². The Bertz CT molecular complexity index is 186. The third-order valence-corrected chi connectivity index (χ3v) is 2.94. The van der Waals surface area contributed by atoms with Gasteiger partial charge >= 0.3 is 0 Å². The summed E-state index contributed by atoms with van der Waals surface area (Å²) in [6.07, 6.45) is 1.10. The molecule has 0 aromatic carbocycles. The predicted octanol–water partition coefficient (Wildman–Crippen LogP) is 3.30. The van der Waals surface area contributed by atoms with E-state index < -0.39 is 0 Å². The average Bonchev–Trinajstić information content (AvgIpc) is 2.52. The molecule has 0 aliphatic heterocycles. The molecule has 0 radical (unpaired) electrons. The molecule has 0 fully saturated rings. The summed E-state index contributed by atoms with van der Waals surface area (Å²) >= 11 is 5.16. The zero-order valence-corrected chi connectivity index (χ0v) is 8.82. The maximum atomic E-state index is 5.46. The summed E-state index contributed by atoms with van der Waals surface area (Å²) in [5.74, 6) is 0.980. The van der Waals surface area contributed by atoms with E-state index >= 15 is 0 Å². The molecule has 3 heteroatoms. The van der Waals surface area contributed by atoms with Crippen LogP contribution in [0.15, 0.2) is 16.8 Å². The van der Waals surface area contributed by atoms with Gasteiger partial charge in [0.25, 0.3) is 0 Å². The van der Waals surface area contributed by atoms with Gasteiger partial charge in [-0.25, -0.2) is 0 Å². The molecule has 0 aliphatic rings. The van der Waals surface area contributed by atoms with E-state index in [0.29, 0.717) is 4.83 Å². The first-order valence-corrected chi connectivity index (χ1v) is 5.48. The van der Waals surface area contributed by atoms with Crippen molar-refractivity contribution in [2.24, 2.45) is 0 Å². The number of rotatable bonds is 4. The number of hydrogen-bond acceptors (Lipinski definition) is 2. The Hall–Kier alpha value is -0.0200. The topological polar surface area (TPSA) is 9.23 Å². The fourth-order valence-electron chi connectivity index (χ4n) is 0.639. The van der Waals surface area contributed by atoms with Crippen molar-refractivity contribution < 1.29 is 4.74 Å². The second-order valence-corrected chi connectivity index (χ2v) is 4.35. The predicted molar refractivity (Wildman–Crippen MR) is 52.8 cm³/mol. The number of halogens is 1. The van der Waals surface area contributed by atoms with E-state index in [9.17, 15) is 0 Å². The van der Waals surface area contributed by atoms with Crippen LogP contribution >= 0.6 is 27.3 Å². The first-order chi connectivity index (χ1) is 5.33. The minimum Gasteiger partial charge on any atom is -0.492 e. The minimum absolute atomic E-state index is 0.474. The molecule has 1 aromatic heterocycles. The first-order valence-electron chi connectivity index (χ1n) is 3.62. The van der Waals surface area contributed by atoms with E-state index in [1.165, 1.54) is 0 Å². The third kappa shape index (κ3) is 3.25. The Kier molecular flexibility index (Phi) is 3.94. The van der Waals surface area contributed by atoms with E-state index in [1.54, 1.807) is 11.3 Å². The lowest BCUT2D eigenvalue weighted by molar-refractivity contribution is 0.318. The van der Waals surface area contributed by atoms with Gasteiger partial charge in [0.15, 0.2) is 0 Å². The average molecular weight is 235 g/mol. The Balaban J connectivity index is 2.23. The van der Waals surface area contributed by atoms with Crippen LogP contribution in [-0.2, 0) is 0 Å². The van der Waals surface area contributed by atoms with Gasteiger partial charge in [0.05, 0.1) is 0 Å². The lowest BCUT2D eigenvalue weighted by Crippen LogP contribution is -2.09. The molecule has 0 saturated carbocycles. The van der Waals surface area contributed by atoms with Crippen LogP contribution in [0.4, 0.5) is 0 Å². The van der Waals surface area contributed by atoms with Gasteiger partial charge in [0.2, 0.25) is 0 Å². The molecule has 11 heavy (non-hydrogen) atoms. The SMILES string of the molecule is CCC(Br)COc1ccsc1. The van der Waals surface area contributed by atoms with E-state index in [0.717, 1.165) is 18.8 Å². The fraction of sp³-hybridized carbons (Fsp3) is 0.500. The Morgan fingerprint density at radius 3 is 3.09 bits per heavy atom. The lowest BCUT2D eigenvalue weighted by Gasteiger charge is -2.06. The summed E-state index contributed by atoms with van der Waals surface area (Å²) in [6.45, 7) is 2.89. The highest BCUT2D eigenvalue weighted by Crippen LogP contribution is 2.16. The standard InChI is InChI=1S/C8H11BrOS/c1-2-7(9)5-10-8-3-4-11-6-8/h3-4,6-7H,2,5H2,1H3. The number of thiophene rings is 1. The van der Waals surface area contributed by atoms with Crippen molar-refractivity contribution in [1.29, 1.82) is 0 Å². The Labute approximate surface area is 79.5 Å².